The van der Waals surface area contributed by atoms with E-state index in [-0.39, 0.29) is 12.5 Å². The lowest BCUT2D eigenvalue weighted by molar-refractivity contribution is -0.133. The molecule has 1 aliphatic heterocycles. The summed E-state index contributed by atoms with van der Waals surface area (Å²) in [5.74, 6) is 0.482. The fourth-order valence-electron chi connectivity index (χ4n) is 2.52. The van der Waals surface area contributed by atoms with E-state index in [0.29, 0.717) is 5.92 Å². The molecule has 1 amide bonds. The largest absolute Gasteiger partial charge is 0.340 e. The molecular weight excluding hydrogens is 274 g/mol. The summed E-state index contributed by atoms with van der Waals surface area (Å²) in [7, 11) is 0. The van der Waals surface area contributed by atoms with Crippen LogP contribution in [-0.4, -0.2) is 43.6 Å². The highest BCUT2D eigenvalue weighted by Gasteiger charge is 2.26. The van der Waals surface area contributed by atoms with E-state index >= 15 is 0 Å². The van der Waals surface area contributed by atoms with Crippen molar-refractivity contribution < 1.29 is 4.79 Å². The van der Waals surface area contributed by atoms with E-state index < -0.39 is 0 Å². The Labute approximate surface area is 121 Å². The first-order valence-corrected chi connectivity index (χ1v) is 7.62. The van der Waals surface area contributed by atoms with Crippen LogP contribution in [0.5, 0.6) is 0 Å². The van der Waals surface area contributed by atoms with Crippen LogP contribution in [-0.2, 0) is 11.3 Å². The maximum atomic E-state index is 12.3. The molecule has 1 aliphatic rings. The van der Waals surface area contributed by atoms with E-state index in [1.54, 1.807) is 22.3 Å². The molecule has 0 spiro atoms. The summed E-state index contributed by atoms with van der Waals surface area (Å²) in [5.41, 5.74) is 1.07. The number of nitrogens with zero attached hydrogens (tertiary/aromatic N) is 5. The molecule has 1 saturated heterocycles. The first-order chi connectivity index (χ1) is 9.72. The molecule has 20 heavy (non-hydrogen) atoms. The molecule has 3 rings (SSSR count). The molecule has 6 nitrogen and oxygen atoms in total. The number of aryl methyl sites for hydroxylation is 1. The lowest BCUT2D eigenvalue weighted by Crippen LogP contribution is -2.40. The summed E-state index contributed by atoms with van der Waals surface area (Å²) in [6.07, 6.45) is 5.17. The fourth-order valence-corrected chi connectivity index (χ4v) is 3.44. The molecule has 3 heterocycles. The maximum absolute atomic E-state index is 12.3. The molecule has 0 aromatic carbocycles. The number of aromatic nitrogens is 4. The number of carbonyl (C=O) groups is 1. The van der Waals surface area contributed by atoms with Crippen LogP contribution in [0.25, 0.3) is 0 Å². The van der Waals surface area contributed by atoms with Gasteiger partial charge in [0.2, 0.25) is 5.91 Å². The highest BCUT2D eigenvalue weighted by molar-refractivity contribution is 7.09. The number of piperidine rings is 1. The zero-order chi connectivity index (χ0) is 13.9. The third-order valence-corrected chi connectivity index (χ3v) is 4.65. The molecule has 0 radical (unpaired) electrons. The van der Waals surface area contributed by atoms with Gasteiger partial charge in [-0.1, -0.05) is 0 Å². The summed E-state index contributed by atoms with van der Waals surface area (Å²) < 4.78 is 1.57. The number of amides is 1. The molecule has 2 aromatic rings. The first-order valence-electron chi connectivity index (χ1n) is 6.74. The number of rotatable bonds is 3. The number of thiazole rings is 1. The van der Waals surface area contributed by atoms with Gasteiger partial charge in [0.1, 0.15) is 19.2 Å². The average molecular weight is 291 g/mol. The second kappa shape index (κ2) is 5.70. The van der Waals surface area contributed by atoms with E-state index in [2.05, 4.69) is 20.4 Å². The SMILES string of the molecule is Cc1csc([C@H]2CCCN(C(=O)Cn3cncn3)C2)n1. The Bertz CT molecular complexity index is 579. The van der Waals surface area contributed by atoms with Crippen LogP contribution in [0.15, 0.2) is 18.0 Å². The Kier molecular flexibility index (Phi) is 3.77. The van der Waals surface area contributed by atoms with Gasteiger partial charge in [-0.15, -0.1) is 11.3 Å². The highest BCUT2D eigenvalue weighted by Crippen LogP contribution is 2.29. The Morgan fingerprint density at radius 3 is 3.15 bits per heavy atom. The zero-order valence-corrected chi connectivity index (χ0v) is 12.2. The summed E-state index contributed by atoms with van der Waals surface area (Å²) in [5, 5.41) is 7.21. The molecule has 0 unspecified atom stereocenters. The van der Waals surface area contributed by atoms with Crippen molar-refractivity contribution in [1.82, 2.24) is 24.6 Å². The zero-order valence-electron chi connectivity index (χ0n) is 11.4. The number of likely N-dealkylation sites (tertiary alicyclic amines) is 1. The quantitative estimate of drug-likeness (QED) is 0.858. The molecule has 0 saturated carbocycles. The van der Waals surface area contributed by atoms with Crippen LogP contribution < -0.4 is 0 Å². The summed E-state index contributed by atoms with van der Waals surface area (Å²) in [6.45, 7) is 3.87. The van der Waals surface area contributed by atoms with Crippen molar-refractivity contribution in [2.45, 2.75) is 32.2 Å². The van der Waals surface area contributed by atoms with Gasteiger partial charge < -0.3 is 4.90 Å². The van der Waals surface area contributed by atoms with Crippen molar-refractivity contribution >= 4 is 17.2 Å². The Morgan fingerprint density at radius 1 is 1.55 bits per heavy atom. The van der Waals surface area contributed by atoms with Crippen LogP contribution in [0.4, 0.5) is 0 Å². The monoisotopic (exact) mass is 291 g/mol. The predicted octanol–water partition coefficient (Wildman–Crippen LogP) is 1.45. The Balaban J connectivity index is 1.64. The number of hydrogen-bond donors (Lipinski definition) is 0. The third kappa shape index (κ3) is 2.87. The van der Waals surface area contributed by atoms with Gasteiger partial charge in [-0.3, -0.25) is 4.79 Å². The molecule has 0 bridgehead atoms. The van der Waals surface area contributed by atoms with Gasteiger partial charge in [-0.05, 0) is 19.8 Å². The second-order valence-electron chi connectivity index (χ2n) is 5.10. The summed E-state index contributed by atoms with van der Waals surface area (Å²) >= 11 is 1.70. The van der Waals surface area contributed by atoms with Crippen LogP contribution in [0.3, 0.4) is 0 Å². The molecule has 1 fully saturated rings. The van der Waals surface area contributed by atoms with Crippen LogP contribution in [0, 0.1) is 6.92 Å². The molecule has 7 heteroatoms. The topological polar surface area (TPSA) is 63.9 Å². The van der Waals surface area contributed by atoms with E-state index in [1.165, 1.54) is 6.33 Å². The lowest BCUT2D eigenvalue weighted by Gasteiger charge is -2.31. The summed E-state index contributed by atoms with van der Waals surface area (Å²) in [4.78, 5) is 22.6. The van der Waals surface area contributed by atoms with Gasteiger partial charge in [0.15, 0.2) is 0 Å². The Hall–Kier alpha value is -1.76. The van der Waals surface area contributed by atoms with E-state index in [0.717, 1.165) is 36.6 Å². The smallest absolute Gasteiger partial charge is 0.244 e. The van der Waals surface area contributed by atoms with E-state index in [1.807, 2.05) is 11.8 Å². The van der Waals surface area contributed by atoms with Crippen molar-refractivity contribution in [3.05, 3.63) is 28.7 Å². The fraction of sp³-hybridized carbons (Fsp3) is 0.538. The Morgan fingerprint density at radius 2 is 2.45 bits per heavy atom. The van der Waals surface area contributed by atoms with Gasteiger partial charge in [0, 0.05) is 30.1 Å². The molecule has 0 aliphatic carbocycles. The van der Waals surface area contributed by atoms with Gasteiger partial charge in [-0.25, -0.2) is 14.6 Å². The van der Waals surface area contributed by atoms with E-state index in [9.17, 15) is 4.79 Å². The van der Waals surface area contributed by atoms with Gasteiger partial charge in [-0.2, -0.15) is 5.10 Å². The van der Waals surface area contributed by atoms with Gasteiger partial charge >= 0.3 is 0 Å². The number of carbonyl (C=O) groups excluding carboxylic acids is 1. The summed E-state index contributed by atoms with van der Waals surface area (Å²) in [6, 6.07) is 0. The van der Waals surface area contributed by atoms with Crippen molar-refractivity contribution in [3.63, 3.8) is 0 Å². The molecule has 0 N–H and O–H groups in total. The van der Waals surface area contributed by atoms with Crippen LogP contribution in [0.2, 0.25) is 0 Å². The van der Waals surface area contributed by atoms with Gasteiger partial charge in [0.05, 0.1) is 5.01 Å². The number of hydrogen-bond acceptors (Lipinski definition) is 5. The highest BCUT2D eigenvalue weighted by atomic mass is 32.1. The van der Waals surface area contributed by atoms with Gasteiger partial charge in [0.25, 0.3) is 0 Å². The van der Waals surface area contributed by atoms with Crippen molar-refractivity contribution in [3.8, 4) is 0 Å². The van der Waals surface area contributed by atoms with Crippen molar-refractivity contribution in [2.75, 3.05) is 13.1 Å². The van der Waals surface area contributed by atoms with Crippen LogP contribution in [0.1, 0.15) is 29.5 Å². The minimum Gasteiger partial charge on any atom is -0.340 e. The lowest BCUT2D eigenvalue weighted by atomic mass is 9.98. The van der Waals surface area contributed by atoms with Crippen molar-refractivity contribution in [2.24, 2.45) is 0 Å². The molecule has 1 atom stereocenters. The average Bonchev–Trinajstić information content (AvgIpc) is 3.10. The molecular formula is C13H17N5OS. The standard InChI is InChI=1S/C13H17N5OS/c1-10-7-20-13(16-10)11-3-2-4-17(5-11)12(19)6-18-9-14-8-15-18/h7-9,11H,2-6H2,1H3/t11-/m0/s1. The second-order valence-corrected chi connectivity index (χ2v) is 5.99. The minimum absolute atomic E-state index is 0.105. The first kappa shape index (κ1) is 13.2. The third-order valence-electron chi connectivity index (χ3n) is 3.52. The maximum Gasteiger partial charge on any atom is 0.244 e. The molecule has 106 valence electrons. The minimum atomic E-state index is 0.105. The molecule has 2 aromatic heterocycles. The van der Waals surface area contributed by atoms with E-state index in [4.69, 9.17) is 0 Å². The normalized spacial score (nSPS) is 19.2. The van der Waals surface area contributed by atoms with Crippen LogP contribution >= 0.6 is 11.3 Å². The predicted molar refractivity (Wildman–Crippen MR) is 75.4 cm³/mol. The van der Waals surface area contributed by atoms with Crippen molar-refractivity contribution in [1.29, 1.82) is 0 Å².